The predicted molar refractivity (Wildman–Crippen MR) is 113 cm³/mol. The molecule has 1 amide bonds. The van der Waals surface area contributed by atoms with Crippen molar-refractivity contribution >= 4 is 17.6 Å². The minimum Gasteiger partial charge on any atom is -0.478 e. The summed E-state index contributed by atoms with van der Waals surface area (Å²) in [7, 11) is 0. The molecule has 29 heavy (non-hydrogen) atoms. The quantitative estimate of drug-likeness (QED) is 0.743. The SMILES string of the molecule is C=C/C(=C\C)CCN1CCC2(CC1)CN(c1cccc(C(=O)O)c1)C(=O)C(C)O2. The lowest BCUT2D eigenvalue weighted by molar-refractivity contribution is -0.161. The molecule has 6 heteroatoms. The third-order valence-corrected chi connectivity index (χ3v) is 6.01. The second-order valence-electron chi connectivity index (χ2n) is 7.88. The number of allylic oxidation sites excluding steroid dienone is 2. The average molecular weight is 399 g/mol. The fraction of sp³-hybridized carbons (Fsp3) is 0.478. The van der Waals surface area contributed by atoms with Crippen LogP contribution >= 0.6 is 0 Å². The molecule has 2 aliphatic rings. The number of amides is 1. The molecule has 3 rings (SSSR count). The van der Waals surface area contributed by atoms with E-state index in [4.69, 9.17) is 4.74 Å². The normalized spacial score (nSPS) is 22.7. The van der Waals surface area contributed by atoms with Gasteiger partial charge in [-0.25, -0.2) is 4.79 Å². The smallest absolute Gasteiger partial charge is 0.335 e. The van der Waals surface area contributed by atoms with E-state index in [0.29, 0.717) is 12.2 Å². The van der Waals surface area contributed by atoms with Crippen molar-refractivity contribution in [3.05, 3.63) is 54.1 Å². The summed E-state index contributed by atoms with van der Waals surface area (Å²) in [6.45, 7) is 10.9. The van der Waals surface area contributed by atoms with Crippen LogP contribution in [0.5, 0.6) is 0 Å². The highest BCUT2D eigenvalue weighted by molar-refractivity contribution is 5.98. The van der Waals surface area contributed by atoms with Crippen LogP contribution in [-0.2, 0) is 9.53 Å². The van der Waals surface area contributed by atoms with E-state index < -0.39 is 12.1 Å². The first-order valence-electron chi connectivity index (χ1n) is 10.2. The van der Waals surface area contributed by atoms with Gasteiger partial charge in [0.1, 0.15) is 6.10 Å². The molecule has 1 unspecified atom stereocenters. The van der Waals surface area contributed by atoms with Gasteiger partial charge in [-0.05, 0) is 51.3 Å². The van der Waals surface area contributed by atoms with E-state index in [1.807, 2.05) is 13.0 Å². The lowest BCUT2D eigenvalue weighted by Gasteiger charge is -2.49. The van der Waals surface area contributed by atoms with E-state index in [2.05, 4.69) is 17.6 Å². The molecule has 1 N–H and O–H groups in total. The molecule has 1 aromatic carbocycles. The van der Waals surface area contributed by atoms with Crippen LogP contribution in [0.1, 0.15) is 43.5 Å². The first-order chi connectivity index (χ1) is 13.9. The van der Waals surface area contributed by atoms with Crippen LogP contribution in [0.3, 0.4) is 0 Å². The van der Waals surface area contributed by atoms with Crippen LogP contribution in [-0.4, -0.2) is 59.8 Å². The molecule has 0 aliphatic carbocycles. The Kier molecular flexibility index (Phi) is 6.55. The van der Waals surface area contributed by atoms with Crippen molar-refractivity contribution in [1.82, 2.24) is 4.90 Å². The summed E-state index contributed by atoms with van der Waals surface area (Å²) in [6.07, 6.45) is 6.14. The largest absolute Gasteiger partial charge is 0.478 e. The summed E-state index contributed by atoms with van der Waals surface area (Å²) >= 11 is 0. The van der Waals surface area contributed by atoms with Gasteiger partial charge in [0.25, 0.3) is 5.91 Å². The number of carbonyl (C=O) groups is 2. The second-order valence-corrected chi connectivity index (χ2v) is 7.88. The number of carboxylic acid groups (broad SMARTS) is 1. The Bertz CT molecular complexity index is 809. The van der Waals surface area contributed by atoms with Crippen molar-refractivity contribution < 1.29 is 19.4 Å². The molecule has 1 aromatic rings. The lowest BCUT2D eigenvalue weighted by atomic mass is 9.88. The molecule has 1 spiro atoms. The lowest BCUT2D eigenvalue weighted by Crippen LogP contribution is -2.61. The summed E-state index contributed by atoms with van der Waals surface area (Å²) in [5, 5.41) is 9.28. The minimum atomic E-state index is -0.997. The van der Waals surface area contributed by atoms with E-state index >= 15 is 0 Å². The van der Waals surface area contributed by atoms with Gasteiger partial charge < -0.3 is 19.6 Å². The maximum Gasteiger partial charge on any atom is 0.335 e. The zero-order valence-electron chi connectivity index (χ0n) is 17.3. The van der Waals surface area contributed by atoms with Gasteiger partial charge in [-0.3, -0.25) is 4.79 Å². The Labute approximate surface area is 172 Å². The van der Waals surface area contributed by atoms with Crippen molar-refractivity contribution in [2.75, 3.05) is 31.1 Å². The van der Waals surface area contributed by atoms with E-state index in [9.17, 15) is 14.7 Å². The molecule has 0 radical (unpaired) electrons. The summed E-state index contributed by atoms with van der Waals surface area (Å²) in [5.74, 6) is -1.12. The van der Waals surface area contributed by atoms with E-state index in [-0.39, 0.29) is 17.1 Å². The summed E-state index contributed by atoms with van der Waals surface area (Å²) in [4.78, 5) is 28.2. The summed E-state index contributed by atoms with van der Waals surface area (Å²) in [6, 6.07) is 6.57. The van der Waals surface area contributed by atoms with Crippen molar-refractivity contribution in [1.29, 1.82) is 0 Å². The van der Waals surface area contributed by atoms with E-state index in [0.717, 1.165) is 38.9 Å². The molecule has 0 bridgehead atoms. The molecule has 6 nitrogen and oxygen atoms in total. The Hall–Kier alpha value is -2.44. The van der Waals surface area contributed by atoms with Gasteiger partial charge in [-0.1, -0.05) is 30.4 Å². The Morgan fingerprint density at radius 1 is 1.38 bits per heavy atom. The molecule has 0 aromatic heterocycles. The number of morpholine rings is 1. The minimum absolute atomic E-state index is 0.121. The Morgan fingerprint density at radius 2 is 2.10 bits per heavy atom. The standard InChI is InChI=1S/C23H30N2O4/c1-4-18(5-2)9-12-24-13-10-23(11-14-24)16-25(21(26)17(3)29-23)20-8-6-7-19(15-20)22(27)28/h4-8,15,17H,1,9-14,16H2,2-3H3,(H,27,28)/b18-5+. The fourth-order valence-electron chi connectivity index (χ4n) is 4.19. The van der Waals surface area contributed by atoms with Gasteiger partial charge in [0, 0.05) is 25.3 Å². The van der Waals surface area contributed by atoms with Crippen molar-refractivity contribution in [2.24, 2.45) is 0 Å². The highest BCUT2D eigenvalue weighted by Crippen LogP contribution is 2.35. The van der Waals surface area contributed by atoms with Gasteiger partial charge >= 0.3 is 5.97 Å². The average Bonchev–Trinajstić information content (AvgIpc) is 2.73. The number of aromatic carboxylic acids is 1. The molecule has 2 heterocycles. The van der Waals surface area contributed by atoms with Gasteiger partial charge in [0.15, 0.2) is 0 Å². The molecule has 2 fully saturated rings. The number of carboxylic acids is 1. The monoisotopic (exact) mass is 398 g/mol. The van der Waals surface area contributed by atoms with Crippen LogP contribution in [0.2, 0.25) is 0 Å². The summed E-state index contributed by atoms with van der Waals surface area (Å²) < 4.78 is 6.21. The van der Waals surface area contributed by atoms with Crippen LogP contribution in [0, 0.1) is 0 Å². The number of hydrogen-bond acceptors (Lipinski definition) is 4. The van der Waals surface area contributed by atoms with Gasteiger partial charge in [-0.15, -0.1) is 0 Å². The van der Waals surface area contributed by atoms with Crippen LogP contribution in [0.25, 0.3) is 0 Å². The van der Waals surface area contributed by atoms with Crippen LogP contribution in [0.15, 0.2) is 48.6 Å². The number of likely N-dealkylation sites (tertiary alicyclic amines) is 1. The molecule has 2 aliphatic heterocycles. The molecule has 156 valence electrons. The number of nitrogens with zero attached hydrogens (tertiary/aromatic N) is 2. The van der Waals surface area contributed by atoms with Crippen LogP contribution in [0.4, 0.5) is 5.69 Å². The number of ether oxygens (including phenoxy) is 1. The zero-order valence-corrected chi connectivity index (χ0v) is 17.3. The van der Waals surface area contributed by atoms with Crippen molar-refractivity contribution in [3.63, 3.8) is 0 Å². The first-order valence-corrected chi connectivity index (χ1v) is 10.2. The van der Waals surface area contributed by atoms with Crippen molar-refractivity contribution in [3.8, 4) is 0 Å². The second kappa shape index (κ2) is 8.93. The maximum atomic E-state index is 12.8. The zero-order chi connectivity index (χ0) is 21.0. The molecule has 1 atom stereocenters. The fourth-order valence-corrected chi connectivity index (χ4v) is 4.19. The van der Waals surface area contributed by atoms with Gasteiger partial charge in [0.05, 0.1) is 17.7 Å². The van der Waals surface area contributed by atoms with Crippen molar-refractivity contribution in [2.45, 2.75) is 44.8 Å². The highest BCUT2D eigenvalue weighted by Gasteiger charge is 2.45. The van der Waals surface area contributed by atoms with Crippen LogP contribution < -0.4 is 4.90 Å². The number of carbonyl (C=O) groups excluding carboxylic acids is 1. The van der Waals surface area contributed by atoms with Gasteiger partial charge in [-0.2, -0.15) is 0 Å². The Morgan fingerprint density at radius 3 is 2.72 bits per heavy atom. The highest BCUT2D eigenvalue weighted by atomic mass is 16.5. The third-order valence-electron chi connectivity index (χ3n) is 6.01. The first kappa shape index (κ1) is 21.3. The number of hydrogen-bond donors (Lipinski definition) is 1. The number of benzene rings is 1. The summed E-state index contributed by atoms with van der Waals surface area (Å²) in [5.41, 5.74) is 1.67. The van der Waals surface area contributed by atoms with E-state index in [1.54, 1.807) is 30.0 Å². The van der Waals surface area contributed by atoms with E-state index in [1.165, 1.54) is 11.6 Å². The maximum absolute atomic E-state index is 12.8. The molecular formula is C23H30N2O4. The third kappa shape index (κ3) is 4.77. The number of anilines is 1. The molecule has 2 saturated heterocycles. The topological polar surface area (TPSA) is 70.1 Å². The predicted octanol–water partition coefficient (Wildman–Crippen LogP) is 3.49. The Balaban J connectivity index is 1.70. The molecular weight excluding hydrogens is 368 g/mol. The number of piperidine rings is 1. The van der Waals surface area contributed by atoms with Gasteiger partial charge in [0.2, 0.25) is 0 Å². The molecule has 0 saturated carbocycles. The number of rotatable bonds is 6.